The third kappa shape index (κ3) is 3.67. The van der Waals surface area contributed by atoms with Gasteiger partial charge in [0.15, 0.2) is 0 Å². The minimum Gasteiger partial charge on any atom is -0.398 e. The number of sulfonamides is 1. The Bertz CT molecular complexity index is 786. The van der Waals surface area contributed by atoms with E-state index in [0.717, 1.165) is 0 Å². The smallest absolute Gasteiger partial charge is 0.264 e. The van der Waals surface area contributed by atoms with Crippen molar-refractivity contribution in [3.8, 4) is 0 Å². The molecule has 0 saturated carbocycles. The second kappa shape index (κ2) is 6.10. The summed E-state index contributed by atoms with van der Waals surface area (Å²) in [6.45, 7) is 0. The van der Waals surface area contributed by atoms with E-state index in [2.05, 4.69) is 4.72 Å². The largest absolute Gasteiger partial charge is 0.398 e. The van der Waals surface area contributed by atoms with Gasteiger partial charge in [0.2, 0.25) is 0 Å². The quantitative estimate of drug-likeness (QED) is 0.753. The van der Waals surface area contributed by atoms with Gasteiger partial charge in [0, 0.05) is 10.0 Å². The van der Waals surface area contributed by atoms with Gasteiger partial charge in [-0.25, -0.2) is 8.42 Å². The molecule has 0 aliphatic carbocycles. The number of halogens is 4. The SMILES string of the molecule is Nc1ccc(Cl)cc1S(=O)(=O)Nc1c(Cl)cc(Cl)cc1Cl. The first-order valence-corrected chi connectivity index (χ1v) is 8.42. The van der Waals surface area contributed by atoms with E-state index < -0.39 is 10.0 Å². The van der Waals surface area contributed by atoms with Gasteiger partial charge in [-0.3, -0.25) is 4.72 Å². The zero-order valence-corrected chi connectivity index (χ0v) is 14.0. The molecular formula is C12H8Cl4N2O2S. The number of nitrogens with two attached hydrogens (primary N) is 1. The Hall–Kier alpha value is -0.850. The third-order valence-corrected chi connectivity index (χ3v) is 4.96. The first kappa shape index (κ1) is 16.5. The predicted molar refractivity (Wildman–Crippen MR) is 88.1 cm³/mol. The molecule has 0 fully saturated rings. The van der Waals surface area contributed by atoms with Crippen LogP contribution in [-0.4, -0.2) is 8.42 Å². The maximum absolute atomic E-state index is 12.4. The lowest BCUT2D eigenvalue weighted by atomic mass is 10.3. The topological polar surface area (TPSA) is 72.2 Å². The molecule has 0 bridgehead atoms. The molecule has 9 heteroatoms. The lowest BCUT2D eigenvalue weighted by Gasteiger charge is -2.13. The number of anilines is 2. The summed E-state index contributed by atoms with van der Waals surface area (Å²) in [4.78, 5) is -0.169. The summed E-state index contributed by atoms with van der Waals surface area (Å²) in [5.41, 5.74) is 5.73. The summed E-state index contributed by atoms with van der Waals surface area (Å²) >= 11 is 23.5. The maximum atomic E-state index is 12.4. The summed E-state index contributed by atoms with van der Waals surface area (Å²) < 4.78 is 27.0. The monoisotopic (exact) mass is 384 g/mol. The van der Waals surface area contributed by atoms with E-state index in [9.17, 15) is 8.42 Å². The fraction of sp³-hybridized carbons (Fsp3) is 0. The zero-order valence-electron chi connectivity index (χ0n) is 10.2. The molecule has 0 heterocycles. The fourth-order valence-electron chi connectivity index (χ4n) is 1.57. The molecule has 0 aliphatic heterocycles. The van der Waals surface area contributed by atoms with Gasteiger partial charge in [0.05, 0.1) is 21.4 Å². The highest BCUT2D eigenvalue weighted by atomic mass is 35.5. The molecule has 0 radical (unpaired) electrons. The van der Waals surface area contributed by atoms with Crippen LogP contribution in [-0.2, 0) is 10.0 Å². The number of rotatable bonds is 3. The summed E-state index contributed by atoms with van der Waals surface area (Å²) in [6.07, 6.45) is 0. The van der Waals surface area contributed by atoms with Gasteiger partial charge in [0.25, 0.3) is 10.0 Å². The molecule has 0 saturated heterocycles. The molecule has 2 aromatic carbocycles. The van der Waals surface area contributed by atoms with Crippen molar-refractivity contribution in [2.45, 2.75) is 4.90 Å². The molecule has 2 aromatic rings. The Labute approximate surface area is 141 Å². The maximum Gasteiger partial charge on any atom is 0.264 e. The van der Waals surface area contributed by atoms with E-state index in [0.29, 0.717) is 0 Å². The first-order valence-electron chi connectivity index (χ1n) is 5.43. The van der Waals surface area contributed by atoms with Gasteiger partial charge in [-0.15, -0.1) is 0 Å². The van der Waals surface area contributed by atoms with Gasteiger partial charge in [-0.1, -0.05) is 46.4 Å². The van der Waals surface area contributed by atoms with Crippen LogP contribution in [0.1, 0.15) is 0 Å². The second-order valence-corrected chi connectivity index (χ2v) is 7.37. The average molecular weight is 386 g/mol. The minimum absolute atomic E-state index is 0.0158. The molecule has 0 aliphatic rings. The molecule has 112 valence electrons. The number of benzene rings is 2. The molecule has 0 atom stereocenters. The second-order valence-electron chi connectivity index (χ2n) is 4.03. The Balaban J connectivity index is 2.50. The van der Waals surface area contributed by atoms with Crippen molar-refractivity contribution in [3.05, 3.63) is 50.4 Å². The van der Waals surface area contributed by atoms with Gasteiger partial charge in [-0.05, 0) is 30.3 Å². The molecule has 4 nitrogen and oxygen atoms in total. The minimum atomic E-state index is -4.00. The Morgan fingerprint density at radius 2 is 1.48 bits per heavy atom. The third-order valence-electron chi connectivity index (χ3n) is 2.51. The van der Waals surface area contributed by atoms with Crippen LogP contribution in [0.4, 0.5) is 11.4 Å². The lowest BCUT2D eigenvalue weighted by molar-refractivity contribution is 0.601. The molecule has 3 N–H and O–H groups in total. The summed E-state index contributed by atoms with van der Waals surface area (Å²) in [6, 6.07) is 6.85. The molecular weight excluding hydrogens is 378 g/mol. The van der Waals surface area contributed by atoms with Gasteiger partial charge in [0.1, 0.15) is 4.90 Å². The van der Waals surface area contributed by atoms with Crippen LogP contribution in [0.3, 0.4) is 0 Å². The predicted octanol–water partition coefficient (Wildman–Crippen LogP) is 4.68. The van der Waals surface area contributed by atoms with Crippen molar-refractivity contribution in [2.75, 3.05) is 10.5 Å². The highest BCUT2D eigenvalue weighted by Crippen LogP contribution is 2.36. The van der Waals surface area contributed by atoms with Crippen LogP contribution in [0.25, 0.3) is 0 Å². The van der Waals surface area contributed by atoms with Gasteiger partial charge < -0.3 is 5.73 Å². The van der Waals surface area contributed by atoms with Crippen molar-refractivity contribution in [2.24, 2.45) is 0 Å². The lowest BCUT2D eigenvalue weighted by Crippen LogP contribution is -2.15. The van der Waals surface area contributed by atoms with Crippen LogP contribution in [0.2, 0.25) is 20.1 Å². The Morgan fingerprint density at radius 3 is 2.05 bits per heavy atom. The summed E-state index contributed by atoms with van der Waals surface area (Å²) in [7, 11) is -4.00. The van der Waals surface area contributed by atoms with Crippen LogP contribution < -0.4 is 10.5 Å². The highest BCUT2D eigenvalue weighted by molar-refractivity contribution is 7.93. The van der Waals surface area contributed by atoms with Gasteiger partial charge >= 0.3 is 0 Å². The number of nitrogen functional groups attached to an aromatic ring is 1. The number of hydrogen-bond donors (Lipinski definition) is 2. The first-order chi connectivity index (χ1) is 9.70. The average Bonchev–Trinajstić information content (AvgIpc) is 2.36. The standard InChI is InChI=1S/C12H8Cl4N2O2S/c13-6-1-2-10(17)11(5-6)21(19,20)18-12-8(15)3-7(14)4-9(12)16/h1-5,18H,17H2. The van der Waals surface area contributed by atoms with Crippen LogP contribution in [0.5, 0.6) is 0 Å². The van der Waals surface area contributed by atoms with Crippen molar-refractivity contribution in [1.29, 1.82) is 0 Å². The normalized spacial score (nSPS) is 11.4. The molecule has 0 aromatic heterocycles. The molecule has 0 unspecified atom stereocenters. The molecule has 2 rings (SSSR count). The number of nitrogens with one attached hydrogen (secondary N) is 1. The molecule has 0 spiro atoms. The van der Waals surface area contributed by atoms with Crippen molar-refractivity contribution in [1.82, 2.24) is 0 Å². The van der Waals surface area contributed by atoms with E-state index >= 15 is 0 Å². The van der Waals surface area contributed by atoms with Crippen molar-refractivity contribution < 1.29 is 8.42 Å². The van der Waals surface area contributed by atoms with E-state index in [1.165, 1.54) is 30.3 Å². The van der Waals surface area contributed by atoms with Gasteiger partial charge in [-0.2, -0.15) is 0 Å². The highest BCUT2D eigenvalue weighted by Gasteiger charge is 2.21. The Morgan fingerprint density at radius 1 is 0.905 bits per heavy atom. The summed E-state index contributed by atoms with van der Waals surface area (Å²) in [5, 5.41) is 0.654. The number of hydrogen-bond acceptors (Lipinski definition) is 3. The van der Waals surface area contributed by atoms with Crippen LogP contribution in [0, 0.1) is 0 Å². The van der Waals surface area contributed by atoms with Crippen LogP contribution >= 0.6 is 46.4 Å². The van der Waals surface area contributed by atoms with E-state index in [4.69, 9.17) is 52.1 Å². The molecule has 0 amide bonds. The van der Waals surface area contributed by atoms with E-state index in [-0.39, 0.29) is 36.4 Å². The van der Waals surface area contributed by atoms with E-state index in [1.807, 2.05) is 0 Å². The van der Waals surface area contributed by atoms with Crippen molar-refractivity contribution >= 4 is 67.8 Å². The van der Waals surface area contributed by atoms with Crippen molar-refractivity contribution in [3.63, 3.8) is 0 Å². The zero-order chi connectivity index (χ0) is 15.8. The van der Waals surface area contributed by atoms with E-state index in [1.54, 1.807) is 0 Å². The molecule has 21 heavy (non-hydrogen) atoms. The van der Waals surface area contributed by atoms with Crippen LogP contribution in [0.15, 0.2) is 35.2 Å². The summed E-state index contributed by atoms with van der Waals surface area (Å²) in [5.74, 6) is 0. The fourth-order valence-corrected chi connectivity index (χ4v) is 4.09. The Kier molecular flexibility index (Phi) is 4.80.